The third kappa shape index (κ3) is 2.63. The average Bonchev–Trinajstić information content (AvgIpc) is 3.24. The number of carbonyl (C=O) groups excluding carboxylic acids is 1. The number of rotatable bonds is 3. The van der Waals surface area contributed by atoms with Crippen LogP contribution in [0, 0.1) is 0 Å². The van der Waals surface area contributed by atoms with E-state index >= 15 is 0 Å². The number of anilines is 1. The van der Waals surface area contributed by atoms with Crippen molar-refractivity contribution in [2.75, 3.05) is 18.0 Å². The first-order valence-corrected chi connectivity index (χ1v) is 6.85. The van der Waals surface area contributed by atoms with E-state index in [9.17, 15) is 4.79 Å². The molecule has 0 atom stereocenters. The van der Waals surface area contributed by atoms with E-state index in [1.807, 2.05) is 18.3 Å². The van der Waals surface area contributed by atoms with Crippen molar-refractivity contribution in [3.05, 3.63) is 24.0 Å². The molecule has 1 aromatic heterocycles. The van der Waals surface area contributed by atoms with Gasteiger partial charge in [0.25, 0.3) is 5.91 Å². The van der Waals surface area contributed by atoms with Crippen molar-refractivity contribution in [1.82, 2.24) is 10.3 Å². The fourth-order valence-corrected chi connectivity index (χ4v) is 2.35. The van der Waals surface area contributed by atoms with Crippen molar-refractivity contribution >= 4 is 11.6 Å². The number of carbonyl (C=O) groups is 1. The fourth-order valence-electron chi connectivity index (χ4n) is 2.35. The van der Waals surface area contributed by atoms with Crippen LogP contribution in [-0.4, -0.2) is 30.0 Å². The molecule has 1 amide bonds. The Balaban J connectivity index is 1.65. The molecule has 1 saturated carbocycles. The molecule has 1 saturated heterocycles. The number of piperidine rings is 1. The highest BCUT2D eigenvalue weighted by atomic mass is 16.2. The molecular weight excluding hydrogens is 226 g/mol. The maximum absolute atomic E-state index is 11.8. The van der Waals surface area contributed by atoms with Gasteiger partial charge in [-0.25, -0.2) is 4.98 Å². The molecule has 0 bridgehead atoms. The Hall–Kier alpha value is -1.58. The molecule has 4 heteroatoms. The number of nitrogens with one attached hydrogen (secondary N) is 1. The van der Waals surface area contributed by atoms with Crippen LogP contribution in [0.3, 0.4) is 0 Å². The molecule has 96 valence electrons. The van der Waals surface area contributed by atoms with Gasteiger partial charge < -0.3 is 10.2 Å². The van der Waals surface area contributed by atoms with Gasteiger partial charge >= 0.3 is 0 Å². The SMILES string of the molecule is O=C(NC1CC1)c1ccc(N2CCCCC2)cn1. The molecule has 1 N–H and O–H groups in total. The van der Waals surface area contributed by atoms with Crippen molar-refractivity contribution in [1.29, 1.82) is 0 Å². The van der Waals surface area contributed by atoms with Gasteiger partial charge in [-0.15, -0.1) is 0 Å². The maximum atomic E-state index is 11.8. The van der Waals surface area contributed by atoms with Crippen LogP contribution in [0.5, 0.6) is 0 Å². The Labute approximate surface area is 107 Å². The zero-order valence-corrected chi connectivity index (χ0v) is 10.6. The van der Waals surface area contributed by atoms with Crippen LogP contribution < -0.4 is 10.2 Å². The van der Waals surface area contributed by atoms with Gasteiger partial charge in [0, 0.05) is 19.1 Å². The first-order valence-electron chi connectivity index (χ1n) is 6.85. The summed E-state index contributed by atoms with van der Waals surface area (Å²) >= 11 is 0. The quantitative estimate of drug-likeness (QED) is 0.885. The molecule has 0 spiro atoms. The second-order valence-electron chi connectivity index (χ2n) is 5.20. The zero-order chi connectivity index (χ0) is 12.4. The predicted molar refractivity (Wildman–Crippen MR) is 70.8 cm³/mol. The van der Waals surface area contributed by atoms with Gasteiger partial charge in [-0.3, -0.25) is 4.79 Å². The van der Waals surface area contributed by atoms with Crippen molar-refractivity contribution in [3.63, 3.8) is 0 Å². The number of nitrogens with zero attached hydrogens (tertiary/aromatic N) is 2. The normalized spacial score (nSPS) is 19.7. The molecule has 2 heterocycles. The summed E-state index contributed by atoms with van der Waals surface area (Å²) < 4.78 is 0. The van der Waals surface area contributed by atoms with E-state index in [0.717, 1.165) is 31.6 Å². The van der Waals surface area contributed by atoms with Gasteiger partial charge in [-0.1, -0.05) is 0 Å². The molecule has 0 radical (unpaired) electrons. The van der Waals surface area contributed by atoms with E-state index in [-0.39, 0.29) is 5.91 Å². The summed E-state index contributed by atoms with van der Waals surface area (Å²) in [6.07, 6.45) is 7.88. The van der Waals surface area contributed by atoms with E-state index in [1.165, 1.54) is 19.3 Å². The fraction of sp³-hybridized carbons (Fsp3) is 0.571. The molecule has 2 fully saturated rings. The van der Waals surface area contributed by atoms with Crippen molar-refractivity contribution in [3.8, 4) is 0 Å². The van der Waals surface area contributed by atoms with Crippen molar-refractivity contribution in [2.24, 2.45) is 0 Å². The number of hydrogen-bond donors (Lipinski definition) is 1. The van der Waals surface area contributed by atoms with Gasteiger partial charge in [-0.2, -0.15) is 0 Å². The van der Waals surface area contributed by atoms with E-state index in [1.54, 1.807) is 0 Å². The molecule has 0 unspecified atom stereocenters. The lowest BCUT2D eigenvalue weighted by Crippen LogP contribution is -2.30. The molecule has 4 nitrogen and oxygen atoms in total. The summed E-state index contributed by atoms with van der Waals surface area (Å²) in [6, 6.07) is 4.24. The van der Waals surface area contributed by atoms with Crippen LogP contribution in [0.15, 0.2) is 18.3 Å². The van der Waals surface area contributed by atoms with Crippen molar-refractivity contribution in [2.45, 2.75) is 38.1 Å². The monoisotopic (exact) mass is 245 g/mol. The number of amides is 1. The summed E-state index contributed by atoms with van der Waals surface area (Å²) in [4.78, 5) is 18.4. The summed E-state index contributed by atoms with van der Waals surface area (Å²) in [5.74, 6) is -0.0392. The standard InChI is InChI=1S/C14H19N3O/c18-14(16-11-4-5-11)13-7-6-12(10-15-13)17-8-2-1-3-9-17/h6-7,10-11H,1-5,8-9H2,(H,16,18). The second-order valence-corrected chi connectivity index (χ2v) is 5.20. The Morgan fingerprint density at radius 3 is 2.61 bits per heavy atom. The largest absolute Gasteiger partial charge is 0.370 e. The maximum Gasteiger partial charge on any atom is 0.270 e. The minimum Gasteiger partial charge on any atom is -0.370 e. The lowest BCUT2D eigenvalue weighted by molar-refractivity contribution is 0.0946. The lowest BCUT2D eigenvalue weighted by Gasteiger charge is -2.28. The van der Waals surface area contributed by atoms with Crippen LogP contribution in [0.2, 0.25) is 0 Å². The Kier molecular flexibility index (Phi) is 3.17. The second kappa shape index (κ2) is 4.96. The van der Waals surface area contributed by atoms with E-state index in [2.05, 4.69) is 15.2 Å². The van der Waals surface area contributed by atoms with Gasteiger partial charge in [0.15, 0.2) is 0 Å². The minimum atomic E-state index is -0.0392. The molecule has 1 aromatic rings. The van der Waals surface area contributed by atoms with Crippen LogP contribution in [0.25, 0.3) is 0 Å². The van der Waals surface area contributed by atoms with Gasteiger partial charge in [0.2, 0.25) is 0 Å². The number of hydrogen-bond acceptors (Lipinski definition) is 3. The summed E-state index contributed by atoms with van der Waals surface area (Å²) in [5.41, 5.74) is 1.67. The first kappa shape index (κ1) is 11.5. The van der Waals surface area contributed by atoms with Gasteiger partial charge in [-0.05, 0) is 44.2 Å². The molecule has 1 aliphatic carbocycles. The van der Waals surface area contributed by atoms with Crippen LogP contribution in [0.1, 0.15) is 42.6 Å². The summed E-state index contributed by atoms with van der Waals surface area (Å²) in [5, 5.41) is 2.95. The van der Waals surface area contributed by atoms with Gasteiger partial charge in [0.1, 0.15) is 5.69 Å². The summed E-state index contributed by atoms with van der Waals surface area (Å²) in [6.45, 7) is 2.21. The third-order valence-corrected chi connectivity index (χ3v) is 3.61. The lowest BCUT2D eigenvalue weighted by atomic mass is 10.1. The van der Waals surface area contributed by atoms with E-state index < -0.39 is 0 Å². The molecule has 2 aliphatic rings. The molecule has 1 aliphatic heterocycles. The molecule has 18 heavy (non-hydrogen) atoms. The van der Waals surface area contributed by atoms with Crippen molar-refractivity contribution < 1.29 is 4.79 Å². The van der Waals surface area contributed by atoms with Gasteiger partial charge in [0.05, 0.1) is 11.9 Å². The average molecular weight is 245 g/mol. The highest BCUT2D eigenvalue weighted by Crippen LogP contribution is 2.20. The Morgan fingerprint density at radius 1 is 1.22 bits per heavy atom. The zero-order valence-electron chi connectivity index (χ0n) is 10.6. The number of pyridine rings is 1. The van der Waals surface area contributed by atoms with Crippen LogP contribution in [0.4, 0.5) is 5.69 Å². The smallest absolute Gasteiger partial charge is 0.270 e. The van der Waals surface area contributed by atoms with E-state index in [0.29, 0.717) is 11.7 Å². The first-order chi connectivity index (χ1) is 8.83. The third-order valence-electron chi connectivity index (χ3n) is 3.61. The van der Waals surface area contributed by atoms with Crippen LogP contribution in [-0.2, 0) is 0 Å². The Bertz CT molecular complexity index is 419. The minimum absolute atomic E-state index is 0.0392. The highest BCUT2D eigenvalue weighted by molar-refractivity contribution is 5.92. The molecular formula is C14H19N3O. The topological polar surface area (TPSA) is 45.2 Å². The summed E-state index contributed by atoms with van der Waals surface area (Å²) in [7, 11) is 0. The number of aromatic nitrogens is 1. The van der Waals surface area contributed by atoms with Crippen LogP contribution >= 0.6 is 0 Å². The Morgan fingerprint density at radius 2 is 2.00 bits per heavy atom. The molecule has 3 rings (SSSR count). The molecule has 0 aromatic carbocycles. The predicted octanol–water partition coefficient (Wildman–Crippen LogP) is 1.96. The highest BCUT2D eigenvalue weighted by Gasteiger charge is 2.24. The van der Waals surface area contributed by atoms with E-state index in [4.69, 9.17) is 0 Å².